The molecular weight excluding hydrogens is 300 g/mol. The van der Waals surface area contributed by atoms with Crippen molar-refractivity contribution in [2.75, 3.05) is 0 Å². The Morgan fingerprint density at radius 2 is 2.17 bits per heavy atom. The molecular formula is C18H22N6. The topological polar surface area (TPSA) is 80.9 Å². The first-order valence-corrected chi connectivity index (χ1v) is 8.08. The Bertz CT molecular complexity index is 838. The molecule has 24 heavy (non-hydrogen) atoms. The zero-order valence-corrected chi connectivity index (χ0v) is 14.1. The molecule has 124 valence electrons. The number of hydrogen-bond acceptors (Lipinski definition) is 3. The number of aryl methyl sites for hydroxylation is 1. The van der Waals surface area contributed by atoms with E-state index in [0.717, 1.165) is 16.8 Å². The van der Waals surface area contributed by atoms with Crippen LogP contribution in [0.3, 0.4) is 0 Å². The van der Waals surface area contributed by atoms with Gasteiger partial charge in [0.2, 0.25) is 11.7 Å². The Balaban J connectivity index is 1.78. The van der Waals surface area contributed by atoms with Crippen molar-refractivity contribution < 1.29 is 0 Å². The van der Waals surface area contributed by atoms with E-state index in [9.17, 15) is 0 Å². The number of rotatable bonds is 5. The first-order valence-electron chi connectivity index (χ1n) is 8.08. The average molecular weight is 322 g/mol. The quantitative estimate of drug-likeness (QED) is 0.522. The molecule has 1 aliphatic carbocycles. The molecule has 6 heteroatoms. The predicted octanol–water partition coefficient (Wildman–Crippen LogP) is 2.79. The Morgan fingerprint density at radius 1 is 1.42 bits per heavy atom. The number of fused-ring (bicyclic) bond motifs is 1. The molecule has 1 aliphatic rings. The van der Waals surface area contributed by atoms with Crippen molar-refractivity contribution in [3.63, 3.8) is 0 Å². The van der Waals surface area contributed by atoms with Gasteiger partial charge in [-0.2, -0.15) is 0 Å². The van der Waals surface area contributed by atoms with Gasteiger partial charge >= 0.3 is 0 Å². The zero-order chi connectivity index (χ0) is 17.1. The van der Waals surface area contributed by atoms with Gasteiger partial charge in [-0.15, -0.1) is 0 Å². The molecule has 0 amide bonds. The van der Waals surface area contributed by atoms with Crippen LogP contribution in [0.25, 0.3) is 11.4 Å². The fourth-order valence-corrected chi connectivity index (χ4v) is 2.54. The summed E-state index contributed by atoms with van der Waals surface area (Å²) in [5, 5.41) is 0. The minimum Gasteiger partial charge on any atom is -0.368 e. The fraction of sp³-hybridized carbons (Fsp3) is 0.333. The van der Waals surface area contributed by atoms with Gasteiger partial charge in [0, 0.05) is 29.9 Å². The Hall–Kier alpha value is -2.76. The molecule has 0 unspecified atom stereocenters. The third-order valence-electron chi connectivity index (χ3n) is 4.20. The summed E-state index contributed by atoms with van der Waals surface area (Å²) >= 11 is 0. The van der Waals surface area contributed by atoms with Crippen molar-refractivity contribution in [3.8, 4) is 0 Å². The molecule has 3 rings (SSSR count). The molecule has 6 nitrogen and oxygen atoms in total. The van der Waals surface area contributed by atoms with Crippen LogP contribution in [-0.4, -0.2) is 32.6 Å². The summed E-state index contributed by atoms with van der Waals surface area (Å²) in [7, 11) is 0. The summed E-state index contributed by atoms with van der Waals surface area (Å²) in [6.07, 6.45) is 13.3. The summed E-state index contributed by atoms with van der Waals surface area (Å²) < 4.78 is 1.94. The lowest BCUT2D eigenvalue weighted by molar-refractivity contribution is 0.651. The summed E-state index contributed by atoms with van der Waals surface area (Å²) in [6, 6.07) is 0.251. The number of aromatic nitrogens is 3. The number of hydrogen-bond donors (Lipinski definition) is 1. The molecule has 0 aromatic carbocycles. The van der Waals surface area contributed by atoms with E-state index in [2.05, 4.69) is 33.5 Å². The summed E-state index contributed by atoms with van der Waals surface area (Å²) in [5.41, 5.74) is 8.73. The molecule has 0 bridgehead atoms. The van der Waals surface area contributed by atoms with Gasteiger partial charge < -0.3 is 5.73 Å². The van der Waals surface area contributed by atoms with Crippen molar-refractivity contribution in [2.45, 2.75) is 32.7 Å². The number of nitrogens with two attached hydrogens (primary N) is 1. The third kappa shape index (κ3) is 3.59. The van der Waals surface area contributed by atoms with Crippen LogP contribution in [-0.2, 0) is 0 Å². The molecule has 0 spiro atoms. The Morgan fingerprint density at radius 3 is 2.88 bits per heavy atom. The van der Waals surface area contributed by atoms with Gasteiger partial charge in [0.15, 0.2) is 0 Å². The number of guanidine groups is 1. The van der Waals surface area contributed by atoms with Gasteiger partial charge in [0.1, 0.15) is 0 Å². The second-order valence-corrected chi connectivity index (χ2v) is 6.08. The van der Waals surface area contributed by atoms with Gasteiger partial charge in [0.25, 0.3) is 0 Å². The van der Waals surface area contributed by atoms with Crippen LogP contribution in [0.2, 0.25) is 0 Å². The molecule has 2 aromatic heterocycles. The normalized spacial score (nSPS) is 17.6. The van der Waals surface area contributed by atoms with Crippen molar-refractivity contribution in [1.82, 2.24) is 14.4 Å². The van der Waals surface area contributed by atoms with Crippen molar-refractivity contribution in [3.05, 3.63) is 48.6 Å². The van der Waals surface area contributed by atoms with Crippen LogP contribution >= 0.6 is 0 Å². The smallest absolute Gasteiger partial charge is 0.233 e. The van der Waals surface area contributed by atoms with Crippen LogP contribution in [0.1, 0.15) is 31.0 Å². The summed E-state index contributed by atoms with van der Waals surface area (Å²) in [4.78, 5) is 17.2. The lowest BCUT2D eigenvalue weighted by atomic mass is 10.1. The van der Waals surface area contributed by atoms with E-state index >= 15 is 0 Å². The van der Waals surface area contributed by atoms with E-state index in [1.54, 1.807) is 24.7 Å². The molecule has 0 aliphatic heterocycles. The number of aliphatic imine (C=N–C) groups is 2. The first kappa shape index (κ1) is 16.1. The standard InChI is InChI=1S/C18H22N6/c1-4-14(7-8-20-17(19)23-13(3)15-5-6-15)16-10-22-18-21-9-12(2)24(18)11-16/h4,7-11,13,15H,1,5-6H2,2-3H3,(H2,19,23)/b14-7-,20-8?/t13-/m0/s1. The SMILES string of the molecule is C=C/C(=C/C=NC(N)=N[C@@H](C)C1CC1)c1cnc2ncc(C)n2c1. The van der Waals surface area contributed by atoms with Gasteiger partial charge in [0.05, 0.1) is 12.2 Å². The van der Waals surface area contributed by atoms with Crippen LogP contribution in [0.5, 0.6) is 0 Å². The first-order chi connectivity index (χ1) is 11.6. The third-order valence-corrected chi connectivity index (χ3v) is 4.20. The van der Waals surface area contributed by atoms with Gasteiger partial charge in [-0.05, 0) is 44.3 Å². The van der Waals surface area contributed by atoms with Crippen molar-refractivity contribution in [2.24, 2.45) is 21.6 Å². The van der Waals surface area contributed by atoms with Crippen LogP contribution in [0.15, 0.2) is 47.3 Å². The van der Waals surface area contributed by atoms with E-state index < -0.39 is 0 Å². The largest absolute Gasteiger partial charge is 0.368 e. The maximum atomic E-state index is 5.86. The molecule has 2 heterocycles. The monoisotopic (exact) mass is 322 g/mol. The fourth-order valence-electron chi connectivity index (χ4n) is 2.54. The van der Waals surface area contributed by atoms with Crippen molar-refractivity contribution >= 4 is 23.5 Å². The highest BCUT2D eigenvalue weighted by molar-refractivity contribution is 5.95. The second kappa shape index (κ2) is 6.78. The van der Waals surface area contributed by atoms with Crippen LogP contribution in [0, 0.1) is 12.8 Å². The molecule has 2 aromatic rings. The maximum absolute atomic E-state index is 5.86. The summed E-state index contributed by atoms with van der Waals surface area (Å²) in [6.45, 7) is 7.93. The second-order valence-electron chi connectivity index (χ2n) is 6.08. The van der Waals surface area contributed by atoms with Gasteiger partial charge in [-0.25, -0.2) is 20.0 Å². The van der Waals surface area contributed by atoms with Crippen molar-refractivity contribution in [1.29, 1.82) is 0 Å². The summed E-state index contributed by atoms with van der Waals surface area (Å²) in [5.74, 6) is 1.67. The number of imidazole rings is 1. The lowest BCUT2D eigenvalue weighted by Crippen LogP contribution is -2.13. The lowest BCUT2D eigenvalue weighted by Gasteiger charge is -2.04. The van der Waals surface area contributed by atoms with E-state index in [-0.39, 0.29) is 6.04 Å². The van der Waals surface area contributed by atoms with Crippen LogP contribution in [0.4, 0.5) is 0 Å². The molecule has 1 saturated carbocycles. The Kier molecular flexibility index (Phi) is 4.55. The molecule has 0 saturated heterocycles. The molecule has 1 atom stereocenters. The van der Waals surface area contributed by atoms with E-state index in [0.29, 0.717) is 17.7 Å². The Labute approximate surface area is 141 Å². The number of allylic oxidation sites excluding steroid dienone is 3. The highest BCUT2D eigenvalue weighted by Crippen LogP contribution is 2.33. The zero-order valence-electron chi connectivity index (χ0n) is 14.1. The van der Waals surface area contributed by atoms with Gasteiger partial charge in [-0.1, -0.05) is 12.7 Å². The highest BCUT2D eigenvalue weighted by atomic mass is 15.1. The van der Waals surface area contributed by atoms with Crippen LogP contribution < -0.4 is 5.73 Å². The molecule has 1 fully saturated rings. The highest BCUT2D eigenvalue weighted by Gasteiger charge is 2.27. The minimum absolute atomic E-state index is 0.251. The van der Waals surface area contributed by atoms with E-state index in [1.165, 1.54) is 12.8 Å². The predicted molar refractivity (Wildman–Crippen MR) is 98.2 cm³/mol. The van der Waals surface area contributed by atoms with Gasteiger partial charge in [-0.3, -0.25) is 4.40 Å². The average Bonchev–Trinajstić information content (AvgIpc) is 3.36. The van der Waals surface area contributed by atoms with E-state index in [1.807, 2.05) is 23.6 Å². The molecule has 2 N–H and O–H groups in total. The van der Waals surface area contributed by atoms with E-state index in [4.69, 9.17) is 5.73 Å². The maximum Gasteiger partial charge on any atom is 0.233 e. The number of nitrogens with zero attached hydrogens (tertiary/aromatic N) is 5. The minimum atomic E-state index is 0.251. The molecule has 0 radical (unpaired) electrons.